The lowest BCUT2D eigenvalue weighted by atomic mass is 10.0. The molecule has 0 fully saturated rings. The molecule has 30 heavy (non-hydrogen) atoms. The topological polar surface area (TPSA) is 52.6 Å². The van der Waals surface area contributed by atoms with Crippen LogP contribution in [0.3, 0.4) is 0 Å². The fraction of sp³-hybridized carbons (Fsp3) is 0.769. The highest BCUT2D eigenvalue weighted by Gasteiger charge is 2.16. The second-order valence-electron chi connectivity index (χ2n) is 8.26. The predicted octanol–water partition coefficient (Wildman–Crippen LogP) is 7.81. The fourth-order valence-electron chi connectivity index (χ4n) is 3.29. The lowest BCUT2D eigenvalue weighted by molar-refractivity contribution is -0.149. The molecule has 0 spiro atoms. The first-order valence-corrected chi connectivity index (χ1v) is 12.2. The van der Waals surface area contributed by atoms with Crippen molar-refractivity contribution in [1.29, 1.82) is 0 Å². The Balaban J connectivity index is 3.42. The summed E-state index contributed by atoms with van der Waals surface area (Å²) in [6, 6.07) is 0. The highest BCUT2D eigenvalue weighted by atomic mass is 16.6. The minimum atomic E-state index is -0.609. The van der Waals surface area contributed by atoms with Crippen molar-refractivity contribution in [3.8, 4) is 0 Å². The molecular weight excluding hydrogens is 376 g/mol. The highest BCUT2D eigenvalue weighted by molar-refractivity contribution is 5.94. The normalized spacial score (nSPS) is 11.4. The zero-order chi connectivity index (χ0) is 22.5. The Labute approximate surface area is 185 Å². The zero-order valence-corrected chi connectivity index (χ0v) is 19.9. The average Bonchev–Trinajstić information content (AvgIpc) is 2.73. The summed E-state index contributed by atoms with van der Waals surface area (Å²) in [7, 11) is 0. The molecule has 0 aliphatic carbocycles. The van der Waals surface area contributed by atoms with Gasteiger partial charge in [-0.25, -0.2) is 9.59 Å². The summed E-state index contributed by atoms with van der Waals surface area (Å²) >= 11 is 0. The zero-order valence-electron chi connectivity index (χ0n) is 19.9. The molecule has 0 aromatic heterocycles. The van der Waals surface area contributed by atoms with Gasteiger partial charge in [-0.1, -0.05) is 110 Å². The maximum atomic E-state index is 11.9. The van der Waals surface area contributed by atoms with Gasteiger partial charge in [0.05, 0.1) is 6.61 Å². The number of ether oxygens (including phenoxy) is 2. The first kappa shape index (κ1) is 28.4. The Morgan fingerprint density at radius 1 is 0.700 bits per heavy atom. The van der Waals surface area contributed by atoms with Gasteiger partial charge in [0.1, 0.15) is 0 Å². The van der Waals surface area contributed by atoms with Crippen LogP contribution in [0.5, 0.6) is 0 Å². The number of esters is 2. The molecule has 0 saturated heterocycles. The van der Waals surface area contributed by atoms with E-state index in [4.69, 9.17) is 9.47 Å². The Hall–Kier alpha value is -1.58. The molecule has 0 aliphatic heterocycles. The van der Waals surface area contributed by atoms with Crippen LogP contribution in [0.1, 0.15) is 124 Å². The van der Waals surface area contributed by atoms with Gasteiger partial charge in [-0.05, 0) is 26.3 Å². The lowest BCUT2D eigenvalue weighted by Crippen LogP contribution is -2.15. The van der Waals surface area contributed by atoms with E-state index in [9.17, 15) is 9.59 Å². The Morgan fingerprint density at radius 2 is 1.10 bits per heavy atom. The summed E-state index contributed by atoms with van der Waals surface area (Å²) in [5, 5.41) is 0. The third kappa shape index (κ3) is 17.3. The highest BCUT2D eigenvalue weighted by Crippen LogP contribution is 2.14. The van der Waals surface area contributed by atoms with E-state index in [1.807, 2.05) is 0 Å². The molecule has 4 nitrogen and oxygen atoms in total. The fourth-order valence-corrected chi connectivity index (χ4v) is 3.29. The standard InChI is InChI=1S/C26H46O4/c1-5-7-8-9-10-11-12-13-14-15-16-17-18-19-20-21-22-29-26(28)24(6-2)30-25(27)23(3)4/h6H,3,5,7-22H2,1-2,4H3/b24-6+. The minimum Gasteiger partial charge on any atom is -0.460 e. The minimum absolute atomic E-state index is 0.0699. The second-order valence-corrected chi connectivity index (χ2v) is 8.26. The van der Waals surface area contributed by atoms with Gasteiger partial charge in [0, 0.05) is 5.57 Å². The summed E-state index contributed by atoms with van der Waals surface area (Å²) in [6.45, 7) is 9.30. The second kappa shape index (κ2) is 20.7. The third-order valence-corrected chi connectivity index (χ3v) is 5.25. The predicted molar refractivity (Wildman–Crippen MR) is 125 cm³/mol. The first-order chi connectivity index (χ1) is 14.5. The summed E-state index contributed by atoms with van der Waals surface area (Å²) in [5.41, 5.74) is 0.250. The van der Waals surface area contributed by atoms with E-state index in [1.54, 1.807) is 6.92 Å². The van der Waals surface area contributed by atoms with E-state index < -0.39 is 11.9 Å². The van der Waals surface area contributed by atoms with Crippen molar-refractivity contribution >= 4 is 11.9 Å². The van der Waals surface area contributed by atoms with Crippen LogP contribution in [0.2, 0.25) is 0 Å². The largest absolute Gasteiger partial charge is 0.460 e. The van der Waals surface area contributed by atoms with Gasteiger partial charge < -0.3 is 9.47 Å². The summed E-state index contributed by atoms with van der Waals surface area (Å²) < 4.78 is 10.1. The maximum absolute atomic E-state index is 11.9. The Bertz CT molecular complexity index is 493. The molecule has 0 unspecified atom stereocenters. The van der Waals surface area contributed by atoms with Crippen LogP contribution in [-0.2, 0) is 19.1 Å². The van der Waals surface area contributed by atoms with Gasteiger partial charge in [0.25, 0.3) is 0 Å². The van der Waals surface area contributed by atoms with E-state index >= 15 is 0 Å². The van der Waals surface area contributed by atoms with Gasteiger partial charge >= 0.3 is 11.9 Å². The number of carbonyl (C=O) groups excluding carboxylic acids is 2. The maximum Gasteiger partial charge on any atom is 0.374 e. The van der Waals surface area contributed by atoms with Crippen molar-refractivity contribution in [1.82, 2.24) is 0 Å². The van der Waals surface area contributed by atoms with E-state index in [2.05, 4.69) is 13.5 Å². The van der Waals surface area contributed by atoms with Crippen LogP contribution >= 0.6 is 0 Å². The van der Waals surface area contributed by atoms with Gasteiger partial charge in [0.15, 0.2) is 0 Å². The molecule has 0 aromatic rings. The van der Waals surface area contributed by atoms with Crippen LogP contribution in [0, 0.1) is 0 Å². The molecule has 0 radical (unpaired) electrons. The summed E-state index contributed by atoms with van der Waals surface area (Å²) in [4.78, 5) is 23.4. The third-order valence-electron chi connectivity index (χ3n) is 5.25. The molecule has 0 heterocycles. The number of hydrogen-bond acceptors (Lipinski definition) is 4. The smallest absolute Gasteiger partial charge is 0.374 e. The molecule has 0 bridgehead atoms. The van der Waals surface area contributed by atoms with Crippen molar-refractivity contribution in [3.05, 3.63) is 24.0 Å². The van der Waals surface area contributed by atoms with Crippen LogP contribution < -0.4 is 0 Å². The molecule has 174 valence electrons. The SMILES string of the molecule is C=C(C)C(=O)O/C(=C/C)C(=O)OCCCCCCCCCCCCCCCCCC. The van der Waals surface area contributed by atoms with Crippen molar-refractivity contribution in [2.75, 3.05) is 6.61 Å². The number of hydrogen-bond donors (Lipinski definition) is 0. The van der Waals surface area contributed by atoms with Crippen LogP contribution in [0.25, 0.3) is 0 Å². The lowest BCUT2D eigenvalue weighted by Gasteiger charge is -2.08. The monoisotopic (exact) mass is 422 g/mol. The molecular formula is C26H46O4. The van der Waals surface area contributed by atoms with Gasteiger partial charge in [0.2, 0.25) is 5.76 Å². The van der Waals surface area contributed by atoms with E-state index in [-0.39, 0.29) is 11.3 Å². The number of allylic oxidation sites excluding steroid dienone is 1. The average molecular weight is 423 g/mol. The van der Waals surface area contributed by atoms with Crippen LogP contribution in [0.15, 0.2) is 24.0 Å². The van der Waals surface area contributed by atoms with Gasteiger partial charge in [-0.2, -0.15) is 0 Å². The Kier molecular flexibility index (Phi) is 19.6. The van der Waals surface area contributed by atoms with E-state index in [0.29, 0.717) is 6.61 Å². The van der Waals surface area contributed by atoms with E-state index in [1.165, 1.54) is 103 Å². The Morgan fingerprint density at radius 3 is 1.47 bits per heavy atom. The van der Waals surface area contributed by atoms with E-state index in [0.717, 1.165) is 12.8 Å². The molecule has 0 atom stereocenters. The number of carbonyl (C=O) groups is 2. The molecule has 0 aliphatic rings. The molecule has 0 rings (SSSR count). The molecule has 0 N–H and O–H groups in total. The van der Waals surface area contributed by atoms with Crippen LogP contribution in [-0.4, -0.2) is 18.5 Å². The first-order valence-electron chi connectivity index (χ1n) is 12.2. The quantitative estimate of drug-likeness (QED) is 0.0868. The van der Waals surface area contributed by atoms with Gasteiger partial charge in [-0.3, -0.25) is 0 Å². The number of rotatable bonds is 20. The molecule has 0 aromatic carbocycles. The molecule has 4 heteroatoms. The van der Waals surface area contributed by atoms with Crippen molar-refractivity contribution in [3.63, 3.8) is 0 Å². The summed E-state index contributed by atoms with van der Waals surface area (Å²) in [6.07, 6.45) is 22.4. The van der Waals surface area contributed by atoms with Crippen LogP contribution in [0.4, 0.5) is 0 Å². The molecule has 0 saturated carbocycles. The van der Waals surface area contributed by atoms with Gasteiger partial charge in [-0.15, -0.1) is 0 Å². The van der Waals surface area contributed by atoms with Crippen molar-refractivity contribution in [2.45, 2.75) is 124 Å². The van der Waals surface area contributed by atoms with Crippen molar-refractivity contribution < 1.29 is 19.1 Å². The van der Waals surface area contributed by atoms with Crippen molar-refractivity contribution in [2.24, 2.45) is 0 Å². The molecule has 0 amide bonds. The summed E-state index contributed by atoms with van der Waals surface area (Å²) in [5.74, 6) is -1.27. The number of unbranched alkanes of at least 4 members (excludes halogenated alkanes) is 15.